The van der Waals surface area contributed by atoms with E-state index < -0.39 is 15.7 Å². The first kappa shape index (κ1) is 25.9. The number of fused-ring (bicyclic) bond motifs is 1. The molecular formula is C25H23N5O5S2. The fraction of sp³-hybridized carbons (Fsp3) is 0.200. The van der Waals surface area contributed by atoms with Gasteiger partial charge in [-0.2, -0.15) is 14.6 Å². The summed E-state index contributed by atoms with van der Waals surface area (Å²) in [6.45, 7) is 2.36. The Morgan fingerprint density at radius 3 is 2.65 bits per heavy atom. The topological polar surface area (TPSA) is 136 Å². The van der Waals surface area contributed by atoms with Gasteiger partial charge in [-0.25, -0.2) is 8.42 Å². The number of nitriles is 1. The van der Waals surface area contributed by atoms with Crippen LogP contribution in [0.1, 0.15) is 12.5 Å². The Hall–Kier alpha value is -4.21. The minimum absolute atomic E-state index is 0.00547. The van der Waals surface area contributed by atoms with E-state index in [0.717, 1.165) is 22.4 Å². The van der Waals surface area contributed by atoms with E-state index in [9.17, 15) is 18.5 Å². The molecule has 0 unspecified atom stereocenters. The van der Waals surface area contributed by atoms with E-state index in [2.05, 4.69) is 14.7 Å². The highest BCUT2D eigenvalue weighted by Crippen LogP contribution is 2.27. The van der Waals surface area contributed by atoms with Crippen LogP contribution in [-0.4, -0.2) is 47.7 Å². The van der Waals surface area contributed by atoms with E-state index in [4.69, 9.17) is 9.47 Å². The van der Waals surface area contributed by atoms with Crippen molar-refractivity contribution in [3.8, 4) is 17.6 Å². The van der Waals surface area contributed by atoms with Crippen molar-refractivity contribution in [2.75, 3.05) is 24.8 Å². The molecule has 0 saturated heterocycles. The number of hydrogen-bond donors (Lipinski definition) is 1. The van der Waals surface area contributed by atoms with Crippen LogP contribution in [0.15, 0.2) is 65.5 Å². The molecule has 0 saturated carbocycles. The number of ether oxygens (including phenoxy) is 2. The highest BCUT2D eigenvalue weighted by atomic mass is 32.2. The Morgan fingerprint density at radius 1 is 1.19 bits per heavy atom. The van der Waals surface area contributed by atoms with Gasteiger partial charge in [0, 0.05) is 34.2 Å². The Morgan fingerprint density at radius 2 is 1.92 bits per heavy atom. The quantitative estimate of drug-likeness (QED) is 0.237. The SMILES string of the molecule is CCS(=O)(=O)c1nsc(NC(=O)C(C#N)=Cc2cn(CCOc3ccccc3OC)c3ccccc23)n1. The molecule has 0 bridgehead atoms. The maximum atomic E-state index is 12.8. The first-order valence-electron chi connectivity index (χ1n) is 11.2. The molecule has 0 aliphatic heterocycles. The van der Waals surface area contributed by atoms with Gasteiger partial charge < -0.3 is 14.0 Å². The number of para-hydroxylation sites is 3. The van der Waals surface area contributed by atoms with Gasteiger partial charge in [0.15, 0.2) is 11.5 Å². The van der Waals surface area contributed by atoms with Crippen LogP contribution in [0.5, 0.6) is 11.5 Å². The van der Waals surface area contributed by atoms with Crippen molar-refractivity contribution in [1.82, 2.24) is 13.9 Å². The highest BCUT2D eigenvalue weighted by molar-refractivity contribution is 7.91. The number of methoxy groups -OCH3 is 1. The van der Waals surface area contributed by atoms with Crippen LogP contribution in [-0.2, 0) is 21.2 Å². The van der Waals surface area contributed by atoms with Crippen LogP contribution in [0.2, 0.25) is 0 Å². The maximum absolute atomic E-state index is 12.8. The van der Waals surface area contributed by atoms with Crippen molar-refractivity contribution >= 4 is 49.4 Å². The molecular weight excluding hydrogens is 514 g/mol. The number of carbonyl (C=O) groups is 1. The molecule has 1 amide bonds. The van der Waals surface area contributed by atoms with Gasteiger partial charge in [0.1, 0.15) is 18.2 Å². The summed E-state index contributed by atoms with van der Waals surface area (Å²) in [7, 11) is -2.02. The smallest absolute Gasteiger partial charge is 0.268 e. The summed E-state index contributed by atoms with van der Waals surface area (Å²) >= 11 is 0.735. The molecule has 0 aliphatic carbocycles. The highest BCUT2D eigenvalue weighted by Gasteiger charge is 2.20. The molecule has 0 spiro atoms. The molecule has 0 fully saturated rings. The molecule has 37 heavy (non-hydrogen) atoms. The van der Waals surface area contributed by atoms with Crippen LogP contribution in [0.25, 0.3) is 17.0 Å². The average molecular weight is 538 g/mol. The molecule has 12 heteroatoms. The second kappa shape index (κ2) is 11.2. The number of nitrogens with one attached hydrogen (secondary N) is 1. The number of rotatable bonds is 10. The van der Waals surface area contributed by atoms with Crippen LogP contribution in [0, 0.1) is 11.3 Å². The number of benzene rings is 2. The van der Waals surface area contributed by atoms with Crippen LogP contribution in [0.3, 0.4) is 0 Å². The number of hydrogen-bond acceptors (Lipinski definition) is 9. The van der Waals surface area contributed by atoms with Gasteiger partial charge in [-0.1, -0.05) is 37.3 Å². The zero-order valence-corrected chi connectivity index (χ0v) is 21.7. The van der Waals surface area contributed by atoms with E-state index in [1.807, 2.05) is 65.4 Å². The lowest BCUT2D eigenvalue weighted by Gasteiger charge is -2.11. The zero-order chi connectivity index (χ0) is 26.4. The van der Waals surface area contributed by atoms with Crippen molar-refractivity contribution in [2.24, 2.45) is 0 Å². The summed E-state index contributed by atoms with van der Waals surface area (Å²) in [4.78, 5) is 16.6. The molecule has 0 aliphatic rings. The molecule has 10 nitrogen and oxygen atoms in total. The van der Waals surface area contributed by atoms with E-state index in [1.54, 1.807) is 7.11 Å². The molecule has 0 atom stereocenters. The lowest BCUT2D eigenvalue weighted by atomic mass is 10.1. The van der Waals surface area contributed by atoms with Crippen molar-refractivity contribution in [2.45, 2.75) is 18.6 Å². The minimum Gasteiger partial charge on any atom is -0.493 e. The third kappa shape index (κ3) is 5.79. The Balaban J connectivity index is 1.54. The van der Waals surface area contributed by atoms with E-state index >= 15 is 0 Å². The number of amides is 1. The van der Waals surface area contributed by atoms with Crippen molar-refractivity contribution < 1.29 is 22.7 Å². The number of nitrogens with zero attached hydrogens (tertiary/aromatic N) is 4. The van der Waals surface area contributed by atoms with E-state index in [-0.39, 0.29) is 21.6 Å². The normalized spacial score (nSPS) is 11.8. The standard InChI is InChI=1S/C25H23N5O5S2/c1-3-37(32,33)25-28-24(36-29-25)27-23(31)17(15-26)14-18-16-30(20-9-5-4-8-19(18)20)12-13-35-22-11-7-6-10-21(22)34-2/h4-11,14,16H,3,12-13H2,1-2H3,(H,27,28,29,31). The van der Waals surface area contributed by atoms with Crippen LogP contribution >= 0.6 is 11.5 Å². The second-order valence-electron chi connectivity index (χ2n) is 7.70. The number of anilines is 1. The zero-order valence-electron chi connectivity index (χ0n) is 20.0. The monoisotopic (exact) mass is 537 g/mol. The molecule has 4 rings (SSSR count). The number of sulfone groups is 1. The maximum Gasteiger partial charge on any atom is 0.268 e. The Labute approximate surface area is 217 Å². The largest absolute Gasteiger partial charge is 0.493 e. The van der Waals surface area contributed by atoms with Gasteiger partial charge >= 0.3 is 0 Å². The average Bonchev–Trinajstić information content (AvgIpc) is 3.53. The molecule has 2 aromatic carbocycles. The molecule has 190 valence electrons. The van der Waals surface area contributed by atoms with Gasteiger partial charge in [0.2, 0.25) is 15.0 Å². The lowest BCUT2D eigenvalue weighted by molar-refractivity contribution is -0.112. The summed E-state index contributed by atoms with van der Waals surface area (Å²) in [5.41, 5.74) is 1.42. The molecule has 2 heterocycles. The summed E-state index contributed by atoms with van der Waals surface area (Å²) in [5, 5.41) is 12.6. The molecule has 0 radical (unpaired) electrons. The second-order valence-corrected chi connectivity index (χ2v) is 10.6. The van der Waals surface area contributed by atoms with Gasteiger partial charge in [0.25, 0.3) is 11.1 Å². The fourth-order valence-corrected chi connectivity index (χ4v) is 5.14. The molecule has 4 aromatic rings. The van der Waals surface area contributed by atoms with Gasteiger partial charge in [0.05, 0.1) is 19.4 Å². The third-order valence-corrected chi connectivity index (χ3v) is 7.67. The first-order valence-corrected chi connectivity index (χ1v) is 13.6. The van der Waals surface area contributed by atoms with E-state index in [1.165, 1.54) is 13.0 Å². The molecule has 2 aromatic heterocycles. The fourth-order valence-electron chi connectivity index (χ4n) is 3.55. The summed E-state index contributed by atoms with van der Waals surface area (Å²) in [6, 6.07) is 16.9. The Bertz CT molecular complexity index is 1620. The summed E-state index contributed by atoms with van der Waals surface area (Å²) < 4.78 is 40.9. The lowest BCUT2D eigenvalue weighted by Crippen LogP contribution is -2.13. The van der Waals surface area contributed by atoms with Gasteiger partial charge in [-0.3, -0.25) is 10.1 Å². The Kier molecular flexibility index (Phi) is 7.86. The van der Waals surface area contributed by atoms with Crippen molar-refractivity contribution in [3.63, 3.8) is 0 Å². The first-order chi connectivity index (χ1) is 17.9. The van der Waals surface area contributed by atoms with Crippen LogP contribution in [0.4, 0.5) is 5.13 Å². The predicted molar refractivity (Wildman–Crippen MR) is 140 cm³/mol. The van der Waals surface area contributed by atoms with Gasteiger partial charge in [-0.05, 0) is 24.3 Å². The van der Waals surface area contributed by atoms with Crippen molar-refractivity contribution in [3.05, 3.63) is 65.9 Å². The number of carbonyl (C=O) groups excluding carboxylic acids is 1. The predicted octanol–water partition coefficient (Wildman–Crippen LogP) is 3.92. The summed E-state index contributed by atoms with van der Waals surface area (Å²) in [5.74, 6) is 0.407. The molecule has 1 N–H and O–H groups in total. The third-order valence-electron chi connectivity index (χ3n) is 5.43. The van der Waals surface area contributed by atoms with E-state index in [0.29, 0.717) is 30.2 Å². The van der Waals surface area contributed by atoms with Gasteiger partial charge in [-0.15, -0.1) is 0 Å². The van der Waals surface area contributed by atoms with Crippen LogP contribution < -0.4 is 14.8 Å². The number of aromatic nitrogens is 3. The van der Waals surface area contributed by atoms with Crippen molar-refractivity contribution in [1.29, 1.82) is 5.26 Å². The minimum atomic E-state index is -3.60. The summed E-state index contributed by atoms with van der Waals surface area (Å²) in [6.07, 6.45) is 3.33.